The van der Waals surface area contributed by atoms with Gasteiger partial charge in [-0.3, -0.25) is 14.5 Å². The fourth-order valence-electron chi connectivity index (χ4n) is 2.58. The lowest BCUT2D eigenvalue weighted by atomic mass is 9.86. The largest absolute Gasteiger partial charge is 0.304 e. The number of piperazine rings is 1. The fourth-order valence-corrected chi connectivity index (χ4v) is 2.84. The number of hydrogen-bond donors (Lipinski definition) is 0. The van der Waals surface area contributed by atoms with E-state index in [0.29, 0.717) is 22.7 Å². The number of hydrogen-bond acceptors (Lipinski definition) is 4. The summed E-state index contributed by atoms with van der Waals surface area (Å²) in [5, 5.41) is 0.356. The van der Waals surface area contributed by atoms with Crippen LogP contribution in [0.5, 0.6) is 0 Å². The van der Waals surface area contributed by atoms with Gasteiger partial charge >= 0.3 is 0 Å². The van der Waals surface area contributed by atoms with Crippen LogP contribution in [0.1, 0.15) is 41.5 Å². The van der Waals surface area contributed by atoms with E-state index in [4.69, 9.17) is 11.6 Å². The number of ketones is 2. The summed E-state index contributed by atoms with van der Waals surface area (Å²) in [5.74, 6) is 0.0341. The molecule has 1 fully saturated rings. The number of nitrogens with zero attached hydrogens (tertiary/aromatic N) is 2. The number of carbonyl (C=O) groups excluding carboxylic acids is 2. The van der Waals surface area contributed by atoms with E-state index in [1.54, 1.807) is 18.2 Å². The normalized spacial score (nSPS) is 17.3. The van der Waals surface area contributed by atoms with Gasteiger partial charge in [0.1, 0.15) is 0 Å². The lowest BCUT2D eigenvalue weighted by Crippen LogP contribution is -2.46. The number of halogens is 1. The first kappa shape index (κ1) is 18.1. The van der Waals surface area contributed by atoms with Crippen molar-refractivity contribution in [3.63, 3.8) is 0 Å². The predicted octanol–water partition coefficient (Wildman–Crippen LogP) is 3.00. The molecule has 0 spiro atoms. The molecule has 5 heteroatoms. The summed E-state index contributed by atoms with van der Waals surface area (Å²) in [4.78, 5) is 29.2. The summed E-state index contributed by atoms with van der Waals surface area (Å²) in [6.45, 7) is 9.73. The Morgan fingerprint density at radius 1 is 1.13 bits per heavy atom. The third-order valence-corrected chi connectivity index (χ3v) is 4.49. The molecule has 0 unspecified atom stereocenters. The van der Waals surface area contributed by atoms with E-state index in [0.717, 1.165) is 26.2 Å². The Hall–Kier alpha value is -1.23. The molecule has 0 aromatic heterocycles. The van der Waals surface area contributed by atoms with E-state index in [-0.39, 0.29) is 11.6 Å². The van der Waals surface area contributed by atoms with Crippen molar-refractivity contribution in [2.24, 2.45) is 5.41 Å². The number of rotatable bonds is 4. The molecule has 1 saturated heterocycles. The number of Topliss-reactive ketones (excluding diaryl/α,β-unsaturated/α-hetero) is 2. The average molecular weight is 337 g/mol. The van der Waals surface area contributed by atoms with Crippen LogP contribution >= 0.6 is 11.6 Å². The van der Waals surface area contributed by atoms with E-state index >= 15 is 0 Å². The second kappa shape index (κ2) is 7.12. The highest BCUT2D eigenvalue weighted by Crippen LogP contribution is 2.27. The molecule has 0 saturated carbocycles. The minimum Gasteiger partial charge on any atom is -0.304 e. The maximum atomic E-state index is 12.4. The third-order valence-electron chi connectivity index (χ3n) is 4.18. The van der Waals surface area contributed by atoms with Crippen molar-refractivity contribution in [1.29, 1.82) is 0 Å². The molecule has 1 aliphatic heterocycles. The van der Waals surface area contributed by atoms with Crippen molar-refractivity contribution in [2.45, 2.75) is 20.8 Å². The van der Waals surface area contributed by atoms with Gasteiger partial charge in [-0.1, -0.05) is 38.4 Å². The maximum absolute atomic E-state index is 12.4. The molecule has 1 heterocycles. The van der Waals surface area contributed by atoms with Crippen molar-refractivity contribution >= 4 is 23.2 Å². The number of benzene rings is 1. The van der Waals surface area contributed by atoms with Gasteiger partial charge in [0.2, 0.25) is 0 Å². The van der Waals surface area contributed by atoms with E-state index in [1.807, 2.05) is 20.8 Å². The molecular weight excluding hydrogens is 312 g/mol. The molecule has 2 rings (SSSR count). The molecule has 0 aliphatic carbocycles. The Balaban J connectivity index is 2.08. The molecule has 1 aromatic carbocycles. The highest BCUT2D eigenvalue weighted by Gasteiger charge is 2.25. The quantitative estimate of drug-likeness (QED) is 0.792. The second-order valence-corrected chi connectivity index (χ2v) is 7.68. The topological polar surface area (TPSA) is 40.6 Å². The Morgan fingerprint density at radius 3 is 2.26 bits per heavy atom. The molecule has 23 heavy (non-hydrogen) atoms. The van der Waals surface area contributed by atoms with Gasteiger partial charge in [-0.05, 0) is 19.2 Å². The number of carbonyl (C=O) groups is 2. The monoisotopic (exact) mass is 336 g/mol. The van der Waals surface area contributed by atoms with Crippen LogP contribution in [0.25, 0.3) is 0 Å². The SMILES string of the molecule is CN1CCN(CC(=O)c2ccc(C(=O)C(C)(C)C)c(Cl)c2)CC1. The van der Waals surface area contributed by atoms with Gasteiger partial charge in [0.25, 0.3) is 0 Å². The maximum Gasteiger partial charge on any atom is 0.176 e. The first-order valence-corrected chi connectivity index (χ1v) is 8.35. The molecule has 0 bridgehead atoms. The van der Waals surface area contributed by atoms with Crippen LogP contribution in [0.15, 0.2) is 18.2 Å². The third kappa shape index (κ3) is 4.63. The van der Waals surface area contributed by atoms with Crippen LogP contribution in [-0.2, 0) is 0 Å². The lowest BCUT2D eigenvalue weighted by Gasteiger charge is -2.31. The average Bonchev–Trinajstić information content (AvgIpc) is 2.48. The van der Waals surface area contributed by atoms with Crippen molar-refractivity contribution in [1.82, 2.24) is 9.80 Å². The molecule has 0 radical (unpaired) electrons. The van der Waals surface area contributed by atoms with Crippen molar-refractivity contribution in [2.75, 3.05) is 39.8 Å². The van der Waals surface area contributed by atoms with Gasteiger partial charge in [0.15, 0.2) is 11.6 Å². The molecule has 4 nitrogen and oxygen atoms in total. The molecule has 126 valence electrons. The Labute approximate surface area is 143 Å². The van der Waals surface area contributed by atoms with Crippen LogP contribution in [0.2, 0.25) is 5.02 Å². The molecular formula is C18H25ClN2O2. The lowest BCUT2D eigenvalue weighted by molar-refractivity contribution is 0.0854. The van der Waals surface area contributed by atoms with Crippen LogP contribution in [0.4, 0.5) is 0 Å². The zero-order valence-electron chi connectivity index (χ0n) is 14.4. The van der Waals surface area contributed by atoms with Gasteiger partial charge in [0, 0.05) is 42.7 Å². The highest BCUT2D eigenvalue weighted by atomic mass is 35.5. The predicted molar refractivity (Wildman–Crippen MR) is 93.5 cm³/mol. The van der Waals surface area contributed by atoms with Gasteiger partial charge in [-0.25, -0.2) is 0 Å². The van der Waals surface area contributed by atoms with Crippen molar-refractivity contribution < 1.29 is 9.59 Å². The van der Waals surface area contributed by atoms with E-state index in [2.05, 4.69) is 16.8 Å². The van der Waals surface area contributed by atoms with Crippen LogP contribution in [-0.4, -0.2) is 61.1 Å². The van der Waals surface area contributed by atoms with Crippen LogP contribution < -0.4 is 0 Å². The number of likely N-dealkylation sites (N-methyl/N-ethyl adjacent to an activating group) is 1. The Bertz CT molecular complexity index is 600. The molecule has 1 aliphatic rings. The Kier molecular flexibility index (Phi) is 5.61. The minimum absolute atomic E-state index is 0.0134. The smallest absolute Gasteiger partial charge is 0.176 e. The second-order valence-electron chi connectivity index (χ2n) is 7.28. The van der Waals surface area contributed by atoms with E-state index < -0.39 is 5.41 Å². The zero-order chi connectivity index (χ0) is 17.2. The molecule has 1 aromatic rings. The minimum atomic E-state index is -0.491. The summed E-state index contributed by atoms with van der Waals surface area (Å²) < 4.78 is 0. The molecule has 0 N–H and O–H groups in total. The van der Waals surface area contributed by atoms with Gasteiger partial charge in [0.05, 0.1) is 11.6 Å². The summed E-state index contributed by atoms with van der Waals surface area (Å²) >= 11 is 6.24. The van der Waals surface area contributed by atoms with Gasteiger partial charge in [-0.2, -0.15) is 0 Å². The van der Waals surface area contributed by atoms with Crippen molar-refractivity contribution in [3.05, 3.63) is 34.3 Å². The van der Waals surface area contributed by atoms with Crippen LogP contribution in [0.3, 0.4) is 0 Å². The summed E-state index contributed by atoms with van der Waals surface area (Å²) in [6, 6.07) is 5.01. The Morgan fingerprint density at radius 2 is 1.74 bits per heavy atom. The van der Waals surface area contributed by atoms with Crippen LogP contribution in [0, 0.1) is 5.41 Å². The van der Waals surface area contributed by atoms with E-state index in [9.17, 15) is 9.59 Å². The van der Waals surface area contributed by atoms with Gasteiger partial charge in [-0.15, -0.1) is 0 Å². The standard InChI is InChI=1S/C18H25ClN2O2/c1-18(2,3)17(23)14-6-5-13(11-15(14)19)16(22)12-21-9-7-20(4)8-10-21/h5-6,11H,7-10,12H2,1-4H3. The first-order chi connectivity index (χ1) is 10.7. The van der Waals surface area contributed by atoms with E-state index in [1.165, 1.54) is 0 Å². The zero-order valence-corrected chi connectivity index (χ0v) is 15.1. The first-order valence-electron chi connectivity index (χ1n) is 7.97. The fraction of sp³-hybridized carbons (Fsp3) is 0.556. The summed E-state index contributed by atoms with van der Waals surface area (Å²) in [7, 11) is 2.09. The van der Waals surface area contributed by atoms with Gasteiger partial charge < -0.3 is 4.90 Å². The summed E-state index contributed by atoms with van der Waals surface area (Å²) in [6.07, 6.45) is 0. The highest BCUT2D eigenvalue weighted by molar-refractivity contribution is 6.34. The summed E-state index contributed by atoms with van der Waals surface area (Å²) in [5.41, 5.74) is 0.560. The van der Waals surface area contributed by atoms with Crippen molar-refractivity contribution in [3.8, 4) is 0 Å². The molecule has 0 amide bonds. The molecule has 0 atom stereocenters.